The normalized spacial score (nSPS) is 23.5. The van der Waals surface area contributed by atoms with Crippen LogP contribution < -0.4 is 5.32 Å². The number of amides is 1. The molecular weight excluding hydrogens is 276 g/mol. The fourth-order valence-electron chi connectivity index (χ4n) is 1.71. The summed E-state index contributed by atoms with van der Waals surface area (Å²) in [5.74, 6) is -1.96. The lowest BCUT2D eigenvalue weighted by molar-refractivity contribution is -0.147. The van der Waals surface area contributed by atoms with Gasteiger partial charge in [0.15, 0.2) is 5.54 Å². The Morgan fingerprint density at radius 1 is 1.47 bits per heavy atom. The van der Waals surface area contributed by atoms with Gasteiger partial charge in [-0.1, -0.05) is 0 Å². The largest absolute Gasteiger partial charge is 0.479 e. The van der Waals surface area contributed by atoms with E-state index >= 15 is 0 Å². The first-order valence-corrected chi connectivity index (χ1v) is 7.40. The number of carboxylic acids is 1. The van der Waals surface area contributed by atoms with Crippen molar-refractivity contribution >= 4 is 21.9 Å². The predicted molar refractivity (Wildman–Crippen MR) is 66.0 cm³/mol. The molecule has 1 atom stereocenters. The number of nitrogens with zero attached hydrogens (tertiary/aromatic N) is 1. The molecule has 8 nitrogen and oxygen atoms in total. The Labute approximate surface area is 111 Å². The lowest BCUT2D eigenvalue weighted by Crippen LogP contribution is -2.57. The monoisotopic (exact) mass is 294 g/mol. The molecule has 1 heterocycles. The smallest absolute Gasteiger partial charge is 0.331 e. The van der Waals surface area contributed by atoms with Crippen molar-refractivity contribution in [1.29, 1.82) is 0 Å². The van der Waals surface area contributed by atoms with Crippen LogP contribution in [-0.2, 0) is 24.3 Å². The molecule has 0 spiro atoms. The highest BCUT2D eigenvalue weighted by atomic mass is 32.2. The molecule has 1 aliphatic heterocycles. The van der Waals surface area contributed by atoms with Crippen molar-refractivity contribution in [2.75, 3.05) is 32.6 Å². The Morgan fingerprint density at radius 2 is 2.11 bits per heavy atom. The topological polar surface area (TPSA) is 113 Å². The molecule has 1 unspecified atom stereocenters. The van der Waals surface area contributed by atoms with Gasteiger partial charge in [0, 0.05) is 20.1 Å². The molecule has 0 aromatic carbocycles. The molecule has 0 saturated carbocycles. The number of rotatable bonds is 6. The van der Waals surface area contributed by atoms with Gasteiger partial charge in [0.25, 0.3) is 0 Å². The Morgan fingerprint density at radius 3 is 2.53 bits per heavy atom. The number of sulfonamides is 1. The van der Waals surface area contributed by atoms with Gasteiger partial charge in [0.05, 0.1) is 18.9 Å². The van der Waals surface area contributed by atoms with E-state index in [9.17, 15) is 18.0 Å². The highest BCUT2D eigenvalue weighted by molar-refractivity contribution is 7.89. The molecule has 1 rings (SSSR count). The van der Waals surface area contributed by atoms with Gasteiger partial charge in [0.1, 0.15) is 0 Å². The Balaban J connectivity index is 2.67. The molecule has 0 aromatic rings. The summed E-state index contributed by atoms with van der Waals surface area (Å²) in [6, 6.07) is 0. The van der Waals surface area contributed by atoms with E-state index in [0.717, 1.165) is 4.31 Å². The van der Waals surface area contributed by atoms with Crippen LogP contribution in [0.3, 0.4) is 0 Å². The summed E-state index contributed by atoms with van der Waals surface area (Å²) in [7, 11) is -2.20. The van der Waals surface area contributed by atoms with E-state index in [0.29, 0.717) is 0 Å². The summed E-state index contributed by atoms with van der Waals surface area (Å²) >= 11 is 0. The minimum absolute atomic E-state index is 0.113. The number of hydrogen-bond acceptors (Lipinski definition) is 5. The molecule has 1 aliphatic rings. The van der Waals surface area contributed by atoms with E-state index in [1.165, 1.54) is 14.0 Å². The summed E-state index contributed by atoms with van der Waals surface area (Å²) in [6.07, 6.45) is 0.165. The average molecular weight is 294 g/mol. The number of nitrogens with one attached hydrogen (secondary N) is 1. The second kappa shape index (κ2) is 5.85. The third-order valence-electron chi connectivity index (χ3n) is 3.02. The molecule has 0 aromatic heterocycles. The standard InChI is InChI=1S/C10H18N2O6S/c1-3-19(16,17)12(2)6-8(13)11-10(9(14)15)4-5-18-7-10/h3-7H2,1-2H3,(H,11,13)(H,14,15). The third-order valence-corrected chi connectivity index (χ3v) is 4.82. The van der Waals surface area contributed by atoms with Gasteiger partial charge in [-0.2, -0.15) is 4.31 Å². The van der Waals surface area contributed by atoms with Crippen molar-refractivity contribution in [3.05, 3.63) is 0 Å². The quantitative estimate of drug-likeness (QED) is 0.625. The highest BCUT2D eigenvalue weighted by Crippen LogP contribution is 2.18. The van der Waals surface area contributed by atoms with Crippen molar-refractivity contribution in [2.24, 2.45) is 0 Å². The molecule has 9 heteroatoms. The molecule has 110 valence electrons. The molecule has 1 amide bonds. The van der Waals surface area contributed by atoms with Crippen molar-refractivity contribution < 1.29 is 27.9 Å². The van der Waals surface area contributed by atoms with E-state index in [-0.39, 0.29) is 25.4 Å². The minimum atomic E-state index is -3.47. The maximum Gasteiger partial charge on any atom is 0.331 e. The molecule has 1 saturated heterocycles. The van der Waals surface area contributed by atoms with Crippen molar-refractivity contribution in [3.63, 3.8) is 0 Å². The van der Waals surface area contributed by atoms with Crippen LogP contribution >= 0.6 is 0 Å². The van der Waals surface area contributed by atoms with Gasteiger partial charge in [-0.3, -0.25) is 4.79 Å². The fraction of sp³-hybridized carbons (Fsp3) is 0.800. The van der Waals surface area contributed by atoms with Crippen LogP contribution in [0.4, 0.5) is 0 Å². The Hall–Kier alpha value is -1.19. The number of aliphatic carboxylic acids is 1. The summed E-state index contributed by atoms with van der Waals surface area (Å²) in [4.78, 5) is 22.9. The number of carbonyl (C=O) groups excluding carboxylic acids is 1. The van der Waals surface area contributed by atoms with Gasteiger partial charge in [-0.15, -0.1) is 0 Å². The molecule has 2 N–H and O–H groups in total. The van der Waals surface area contributed by atoms with E-state index in [2.05, 4.69) is 5.32 Å². The van der Waals surface area contributed by atoms with Gasteiger partial charge >= 0.3 is 5.97 Å². The summed E-state index contributed by atoms with van der Waals surface area (Å²) in [5, 5.41) is 11.5. The first-order valence-electron chi connectivity index (χ1n) is 5.79. The number of likely N-dealkylation sites (N-methyl/N-ethyl adjacent to an activating group) is 1. The molecule has 1 fully saturated rings. The van der Waals surface area contributed by atoms with Gasteiger partial charge in [-0.05, 0) is 6.92 Å². The Bertz CT molecular complexity index is 455. The number of carbonyl (C=O) groups is 2. The Kier molecular flexibility index (Phi) is 4.88. The van der Waals surface area contributed by atoms with Crippen LogP contribution in [0.5, 0.6) is 0 Å². The number of ether oxygens (including phenoxy) is 1. The SMILES string of the molecule is CCS(=O)(=O)N(C)CC(=O)NC1(C(=O)O)CCOC1. The van der Waals surface area contributed by atoms with Crippen LogP contribution in [0.2, 0.25) is 0 Å². The second-order valence-corrected chi connectivity index (χ2v) is 6.76. The van der Waals surface area contributed by atoms with Gasteiger partial charge < -0.3 is 15.2 Å². The van der Waals surface area contributed by atoms with Gasteiger partial charge in [0.2, 0.25) is 15.9 Å². The first-order chi connectivity index (χ1) is 8.73. The third kappa shape index (κ3) is 3.64. The van der Waals surface area contributed by atoms with Crippen LogP contribution in [0.15, 0.2) is 0 Å². The fourth-order valence-corrected chi connectivity index (χ4v) is 2.47. The maximum absolute atomic E-state index is 11.7. The first kappa shape index (κ1) is 15.9. The van der Waals surface area contributed by atoms with Gasteiger partial charge in [-0.25, -0.2) is 13.2 Å². The van der Waals surface area contributed by atoms with Crippen LogP contribution in [0, 0.1) is 0 Å². The predicted octanol–water partition coefficient (Wildman–Crippen LogP) is -1.37. The summed E-state index contributed by atoms with van der Waals surface area (Å²) < 4.78 is 28.9. The molecule has 0 bridgehead atoms. The zero-order valence-corrected chi connectivity index (χ0v) is 11.7. The molecule has 0 aliphatic carbocycles. The van der Waals surface area contributed by atoms with Crippen molar-refractivity contribution in [1.82, 2.24) is 9.62 Å². The van der Waals surface area contributed by atoms with Crippen LogP contribution in [-0.4, -0.2) is 67.8 Å². The zero-order valence-electron chi connectivity index (χ0n) is 10.9. The number of carboxylic acid groups (broad SMARTS) is 1. The minimum Gasteiger partial charge on any atom is -0.479 e. The van der Waals surface area contributed by atoms with Crippen LogP contribution in [0.25, 0.3) is 0 Å². The van der Waals surface area contributed by atoms with E-state index in [1.54, 1.807) is 0 Å². The number of hydrogen-bond donors (Lipinski definition) is 2. The highest BCUT2D eigenvalue weighted by Gasteiger charge is 2.44. The lowest BCUT2D eigenvalue weighted by Gasteiger charge is -2.25. The van der Waals surface area contributed by atoms with E-state index in [4.69, 9.17) is 9.84 Å². The average Bonchev–Trinajstić information content (AvgIpc) is 2.78. The summed E-state index contributed by atoms with van der Waals surface area (Å²) in [6.45, 7) is 1.19. The summed E-state index contributed by atoms with van der Waals surface area (Å²) in [5.41, 5.74) is -1.45. The lowest BCUT2D eigenvalue weighted by atomic mass is 9.99. The van der Waals surface area contributed by atoms with E-state index in [1.807, 2.05) is 0 Å². The van der Waals surface area contributed by atoms with Crippen molar-refractivity contribution in [2.45, 2.75) is 18.9 Å². The maximum atomic E-state index is 11.7. The van der Waals surface area contributed by atoms with Crippen LogP contribution in [0.1, 0.15) is 13.3 Å². The molecule has 0 radical (unpaired) electrons. The molecular formula is C10H18N2O6S. The second-order valence-electron chi connectivity index (χ2n) is 4.39. The molecule has 19 heavy (non-hydrogen) atoms. The van der Waals surface area contributed by atoms with Crippen molar-refractivity contribution in [3.8, 4) is 0 Å². The van der Waals surface area contributed by atoms with E-state index < -0.39 is 34.0 Å². The zero-order chi connectivity index (χ0) is 14.7.